The molecule has 116 valence electrons. The number of carbonyl (C=O) groups is 2. The van der Waals surface area contributed by atoms with Gasteiger partial charge in [0.25, 0.3) is 0 Å². The van der Waals surface area contributed by atoms with Crippen molar-refractivity contribution in [2.75, 3.05) is 5.32 Å². The van der Waals surface area contributed by atoms with Crippen molar-refractivity contribution in [2.45, 2.75) is 32.1 Å². The molecule has 1 aromatic carbocycles. The van der Waals surface area contributed by atoms with Gasteiger partial charge in [0, 0.05) is 17.5 Å². The first-order valence-corrected chi connectivity index (χ1v) is 7.85. The molecule has 0 fully saturated rings. The second kappa shape index (κ2) is 6.70. The quantitative estimate of drug-likeness (QED) is 0.858. The fourth-order valence-corrected chi connectivity index (χ4v) is 2.51. The zero-order valence-corrected chi connectivity index (χ0v) is 13.3. The zero-order chi connectivity index (χ0) is 16.2. The van der Waals surface area contributed by atoms with E-state index in [0.717, 1.165) is 5.69 Å². The van der Waals surface area contributed by atoms with Crippen LogP contribution in [-0.2, 0) is 21.4 Å². The van der Waals surface area contributed by atoms with E-state index >= 15 is 0 Å². The van der Waals surface area contributed by atoms with Gasteiger partial charge in [-0.3, -0.25) is 9.59 Å². The van der Waals surface area contributed by atoms with Gasteiger partial charge in [-0.05, 0) is 38.0 Å². The molecule has 2 N–H and O–H groups in total. The number of thiazole rings is 1. The van der Waals surface area contributed by atoms with Crippen molar-refractivity contribution < 1.29 is 14.7 Å². The first-order chi connectivity index (χ1) is 10.4. The van der Waals surface area contributed by atoms with E-state index in [1.165, 1.54) is 11.3 Å². The van der Waals surface area contributed by atoms with Crippen LogP contribution in [-0.4, -0.2) is 22.0 Å². The van der Waals surface area contributed by atoms with Crippen LogP contribution in [0.5, 0.6) is 0 Å². The van der Waals surface area contributed by atoms with Gasteiger partial charge >= 0.3 is 5.97 Å². The number of aromatic nitrogens is 1. The van der Waals surface area contributed by atoms with E-state index in [1.807, 2.05) is 5.38 Å². The van der Waals surface area contributed by atoms with Gasteiger partial charge in [-0.2, -0.15) is 0 Å². The lowest BCUT2D eigenvalue weighted by atomic mass is 9.85. The van der Waals surface area contributed by atoms with Gasteiger partial charge in [-0.25, -0.2) is 4.98 Å². The van der Waals surface area contributed by atoms with Crippen LogP contribution in [0.25, 0.3) is 0 Å². The minimum absolute atomic E-state index is 0.0850. The van der Waals surface area contributed by atoms with Gasteiger partial charge in [0.1, 0.15) is 0 Å². The van der Waals surface area contributed by atoms with Crippen molar-refractivity contribution in [2.24, 2.45) is 0 Å². The van der Waals surface area contributed by atoms with Crippen LogP contribution in [0.1, 0.15) is 31.5 Å². The molecule has 2 aromatic rings. The maximum Gasteiger partial charge on any atom is 0.313 e. The molecule has 0 saturated heterocycles. The highest BCUT2D eigenvalue weighted by molar-refractivity contribution is 7.07. The second-order valence-electron chi connectivity index (χ2n) is 5.54. The lowest BCUT2D eigenvalue weighted by Gasteiger charge is -2.19. The van der Waals surface area contributed by atoms with E-state index < -0.39 is 11.4 Å². The van der Waals surface area contributed by atoms with Gasteiger partial charge in [0.15, 0.2) is 0 Å². The molecule has 1 aromatic heterocycles. The van der Waals surface area contributed by atoms with Crippen molar-refractivity contribution in [3.8, 4) is 0 Å². The van der Waals surface area contributed by atoms with Crippen LogP contribution in [0.15, 0.2) is 35.2 Å². The van der Waals surface area contributed by atoms with E-state index in [1.54, 1.807) is 43.6 Å². The molecular formula is C16H18N2O3S. The Labute approximate surface area is 133 Å². The first-order valence-electron chi connectivity index (χ1n) is 6.90. The molecule has 0 spiro atoms. The van der Waals surface area contributed by atoms with Crippen LogP contribution >= 0.6 is 11.3 Å². The Morgan fingerprint density at radius 1 is 1.27 bits per heavy atom. The van der Waals surface area contributed by atoms with Crippen molar-refractivity contribution in [1.82, 2.24) is 4.98 Å². The summed E-state index contributed by atoms with van der Waals surface area (Å²) >= 11 is 1.51. The molecule has 0 aliphatic heterocycles. The topological polar surface area (TPSA) is 79.3 Å². The fourth-order valence-electron chi connectivity index (χ4n) is 1.92. The predicted octanol–water partition coefficient (Wildman–Crippen LogP) is 3.08. The largest absolute Gasteiger partial charge is 0.481 e. The molecule has 0 atom stereocenters. The number of aliphatic carboxylic acids is 1. The normalized spacial score (nSPS) is 11.2. The highest BCUT2D eigenvalue weighted by Crippen LogP contribution is 2.24. The number of benzene rings is 1. The summed E-state index contributed by atoms with van der Waals surface area (Å²) in [5.74, 6) is -0.967. The Kier molecular flexibility index (Phi) is 4.92. The average molecular weight is 318 g/mol. The monoisotopic (exact) mass is 318 g/mol. The lowest BCUT2D eigenvalue weighted by molar-refractivity contribution is -0.142. The molecule has 0 aliphatic carbocycles. The maximum atomic E-state index is 11.9. The van der Waals surface area contributed by atoms with E-state index in [4.69, 9.17) is 0 Å². The third-order valence-electron chi connectivity index (χ3n) is 3.52. The molecule has 0 aliphatic rings. The highest BCUT2D eigenvalue weighted by Gasteiger charge is 2.29. The van der Waals surface area contributed by atoms with E-state index in [9.17, 15) is 14.7 Å². The Balaban J connectivity index is 1.93. The molecule has 2 rings (SSSR count). The Morgan fingerprint density at radius 3 is 2.50 bits per heavy atom. The van der Waals surface area contributed by atoms with E-state index in [-0.39, 0.29) is 5.91 Å². The summed E-state index contributed by atoms with van der Waals surface area (Å²) in [6, 6.07) is 6.90. The fraction of sp³-hybridized carbons (Fsp3) is 0.312. The molecule has 0 unspecified atom stereocenters. The molecule has 0 saturated carbocycles. The molecular weight excluding hydrogens is 300 g/mol. The smallest absolute Gasteiger partial charge is 0.313 e. The Hall–Kier alpha value is -2.21. The first kappa shape index (κ1) is 16.2. The number of aryl methyl sites for hydroxylation is 1. The summed E-state index contributed by atoms with van der Waals surface area (Å²) in [6.45, 7) is 3.30. The van der Waals surface area contributed by atoms with Crippen molar-refractivity contribution in [3.05, 3.63) is 46.4 Å². The SMILES string of the molecule is CC(C)(C(=O)O)c1ccc(NC(=O)CCc2cscn2)cc1. The minimum atomic E-state index is -0.951. The van der Waals surface area contributed by atoms with E-state index in [0.29, 0.717) is 24.1 Å². The van der Waals surface area contributed by atoms with Gasteiger partial charge in [0.2, 0.25) is 5.91 Å². The van der Waals surface area contributed by atoms with Crippen LogP contribution in [0.4, 0.5) is 5.69 Å². The third-order valence-corrected chi connectivity index (χ3v) is 4.15. The molecule has 0 bridgehead atoms. The third kappa shape index (κ3) is 3.92. The number of hydrogen-bond acceptors (Lipinski definition) is 4. The number of anilines is 1. The van der Waals surface area contributed by atoms with Crippen LogP contribution in [0.3, 0.4) is 0 Å². The van der Waals surface area contributed by atoms with Crippen molar-refractivity contribution in [1.29, 1.82) is 0 Å². The summed E-state index contributed by atoms with van der Waals surface area (Å²) in [5.41, 5.74) is 3.07. The summed E-state index contributed by atoms with van der Waals surface area (Å²) in [5, 5.41) is 13.9. The van der Waals surface area contributed by atoms with Crippen LogP contribution in [0.2, 0.25) is 0 Å². The van der Waals surface area contributed by atoms with Gasteiger partial charge in [0.05, 0.1) is 16.6 Å². The maximum absolute atomic E-state index is 11.9. The zero-order valence-electron chi connectivity index (χ0n) is 12.5. The number of rotatable bonds is 6. The van der Waals surface area contributed by atoms with Crippen molar-refractivity contribution in [3.63, 3.8) is 0 Å². The Morgan fingerprint density at radius 2 is 1.95 bits per heavy atom. The summed E-state index contributed by atoms with van der Waals surface area (Å²) < 4.78 is 0. The van der Waals surface area contributed by atoms with Gasteiger partial charge in [-0.15, -0.1) is 11.3 Å². The van der Waals surface area contributed by atoms with E-state index in [2.05, 4.69) is 10.3 Å². The molecule has 22 heavy (non-hydrogen) atoms. The summed E-state index contributed by atoms with van der Waals surface area (Å²) in [6.07, 6.45) is 0.978. The Bertz CT molecular complexity index is 649. The number of amides is 1. The summed E-state index contributed by atoms with van der Waals surface area (Å²) in [7, 11) is 0. The van der Waals surface area contributed by atoms with Crippen LogP contribution < -0.4 is 5.32 Å². The molecule has 5 nitrogen and oxygen atoms in total. The number of nitrogens with one attached hydrogen (secondary N) is 1. The number of carboxylic acid groups (broad SMARTS) is 1. The number of carbonyl (C=O) groups excluding carboxylic acids is 1. The van der Waals surface area contributed by atoms with Crippen LogP contribution in [0, 0.1) is 0 Å². The highest BCUT2D eigenvalue weighted by atomic mass is 32.1. The number of hydrogen-bond donors (Lipinski definition) is 2. The molecule has 1 amide bonds. The second-order valence-corrected chi connectivity index (χ2v) is 6.25. The molecule has 0 radical (unpaired) electrons. The van der Waals surface area contributed by atoms with Crippen molar-refractivity contribution >= 4 is 28.9 Å². The van der Waals surface area contributed by atoms with Gasteiger partial charge in [-0.1, -0.05) is 12.1 Å². The number of nitrogens with zero attached hydrogens (tertiary/aromatic N) is 1. The number of carboxylic acids is 1. The molecule has 6 heteroatoms. The average Bonchev–Trinajstić information content (AvgIpc) is 2.99. The van der Waals surface area contributed by atoms with Gasteiger partial charge < -0.3 is 10.4 Å². The molecule has 1 heterocycles. The standard InChI is InChI=1S/C16H18N2O3S/c1-16(2,15(20)21)11-3-5-12(6-4-11)18-14(19)8-7-13-9-22-10-17-13/h3-6,9-10H,7-8H2,1-2H3,(H,18,19)(H,20,21). The summed E-state index contributed by atoms with van der Waals surface area (Å²) in [4.78, 5) is 27.2. The predicted molar refractivity (Wildman–Crippen MR) is 86.2 cm³/mol. The minimum Gasteiger partial charge on any atom is -0.481 e. The lowest BCUT2D eigenvalue weighted by Crippen LogP contribution is -2.28.